The van der Waals surface area contributed by atoms with E-state index >= 15 is 0 Å². The number of halogens is 1. The topological polar surface area (TPSA) is 72.5 Å². The third kappa shape index (κ3) is 5.98. The van der Waals surface area contributed by atoms with Crippen LogP contribution in [0.5, 0.6) is 5.75 Å². The van der Waals surface area contributed by atoms with E-state index in [0.717, 1.165) is 22.1 Å². The maximum absolute atomic E-state index is 5.90. The molecule has 5 nitrogen and oxygen atoms in total. The van der Waals surface area contributed by atoms with Gasteiger partial charge in [0, 0.05) is 16.5 Å². The molecular weight excluding hydrogens is 423 g/mol. The molecule has 0 saturated heterocycles. The molecule has 1 heterocycles. The van der Waals surface area contributed by atoms with Gasteiger partial charge in [0.25, 0.3) is 0 Å². The molecule has 0 aliphatic carbocycles. The molecule has 2 aromatic rings. The molecule has 1 aromatic carbocycles. The highest BCUT2D eigenvalue weighted by molar-refractivity contribution is 14.0. The third-order valence-electron chi connectivity index (χ3n) is 3.07. The maximum atomic E-state index is 5.90. The van der Waals surface area contributed by atoms with Crippen LogP contribution < -0.4 is 15.8 Å². The van der Waals surface area contributed by atoms with Crippen LogP contribution in [0.4, 0.5) is 5.69 Å². The molecule has 0 aliphatic rings. The van der Waals surface area contributed by atoms with Gasteiger partial charge in [-0.1, -0.05) is 20.8 Å². The van der Waals surface area contributed by atoms with Gasteiger partial charge in [-0.05, 0) is 24.3 Å². The van der Waals surface area contributed by atoms with Crippen LogP contribution in [0.15, 0.2) is 34.6 Å². The Morgan fingerprint density at radius 1 is 1.30 bits per heavy atom. The average Bonchev–Trinajstić information content (AvgIpc) is 2.95. The summed E-state index contributed by atoms with van der Waals surface area (Å²) in [7, 11) is 1.64. The summed E-state index contributed by atoms with van der Waals surface area (Å²) in [4.78, 5) is 8.92. The van der Waals surface area contributed by atoms with Crippen molar-refractivity contribution >= 4 is 47.0 Å². The molecule has 3 N–H and O–H groups in total. The van der Waals surface area contributed by atoms with Crippen LogP contribution in [0, 0.1) is 0 Å². The number of hydrogen-bond acceptors (Lipinski definition) is 4. The number of hydrogen-bond donors (Lipinski definition) is 2. The number of ether oxygens (including phenoxy) is 1. The van der Waals surface area contributed by atoms with Crippen LogP contribution in [-0.2, 0) is 12.0 Å². The predicted octanol–water partition coefficient (Wildman–Crippen LogP) is 3.99. The molecule has 0 unspecified atom stereocenters. The summed E-state index contributed by atoms with van der Waals surface area (Å²) in [5.41, 5.74) is 7.92. The lowest BCUT2D eigenvalue weighted by atomic mass is 9.93. The number of nitrogens with zero attached hydrogens (tertiary/aromatic N) is 2. The maximum Gasteiger partial charge on any atom is 0.193 e. The van der Waals surface area contributed by atoms with Gasteiger partial charge in [0.1, 0.15) is 10.8 Å². The highest BCUT2D eigenvalue weighted by atomic mass is 127. The highest BCUT2D eigenvalue weighted by Gasteiger charge is 2.17. The molecule has 7 heteroatoms. The van der Waals surface area contributed by atoms with Crippen molar-refractivity contribution in [2.45, 2.75) is 32.7 Å². The second-order valence-electron chi connectivity index (χ2n) is 5.93. The zero-order valence-electron chi connectivity index (χ0n) is 13.8. The van der Waals surface area contributed by atoms with Crippen molar-refractivity contribution in [2.24, 2.45) is 10.7 Å². The standard InChI is InChI=1S/C16H22N4OS.HI/c1-16(2,3)13-10-22-14(20-13)9-18-15(17)19-11-5-7-12(21-4)8-6-11;/h5-8,10H,9H2,1-4H3,(H3,17,18,19);1H. The van der Waals surface area contributed by atoms with Gasteiger partial charge in [-0.2, -0.15) is 0 Å². The number of rotatable bonds is 4. The minimum Gasteiger partial charge on any atom is -0.497 e. The molecule has 0 saturated carbocycles. The number of methoxy groups -OCH3 is 1. The van der Waals surface area contributed by atoms with Gasteiger partial charge in [-0.3, -0.25) is 0 Å². The van der Waals surface area contributed by atoms with Crippen molar-refractivity contribution in [1.29, 1.82) is 0 Å². The van der Waals surface area contributed by atoms with E-state index in [-0.39, 0.29) is 29.4 Å². The van der Waals surface area contributed by atoms with E-state index in [1.165, 1.54) is 0 Å². The van der Waals surface area contributed by atoms with E-state index in [2.05, 4.69) is 41.4 Å². The van der Waals surface area contributed by atoms with Crippen molar-refractivity contribution in [2.75, 3.05) is 12.4 Å². The Morgan fingerprint density at radius 3 is 2.48 bits per heavy atom. The first kappa shape index (κ1) is 19.7. The highest BCUT2D eigenvalue weighted by Crippen LogP contribution is 2.24. The van der Waals surface area contributed by atoms with Gasteiger partial charge in [-0.25, -0.2) is 9.98 Å². The Labute approximate surface area is 158 Å². The zero-order chi connectivity index (χ0) is 16.2. The van der Waals surface area contributed by atoms with Crippen molar-refractivity contribution in [3.05, 3.63) is 40.3 Å². The van der Waals surface area contributed by atoms with Gasteiger partial charge < -0.3 is 15.8 Å². The van der Waals surface area contributed by atoms with Crippen molar-refractivity contribution in [3.8, 4) is 5.75 Å². The minimum absolute atomic E-state index is 0. The van der Waals surface area contributed by atoms with Crippen LogP contribution >= 0.6 is 35.3 Å². The van der Waals surface area contributed by atoms with Crippen LogP contribution in [0.25, 0.3) is 0 Å². The molecule has 0 aliphatic heterocycles. The summed E-state index contributed by atoms with van der Waals surface area (Å²) in [6.45, 7) is 6.92. The number of aliphatic imine (C=N–C) groups is 1. The van der Waals surface area contributed by atoms with Crippen molar-refractivity contribution in [3.63, 3.8) is 0 Å². The quantitative estimate of drug-likeness (QED) is 0.423. The second-order valence-corrected chi connectivity index (χ2v) is 6.87. The largest absolute Gasteiger partial charge is 0.497 e. The number of guanidine groups is 1. The smallest absolute Gasteiger partial charge is 0.193 e. The molecule has 0 bridgehead atoms. The van der Waals surface area contributed by atoms with E-state index in [0.29, 0.717) is 12.5 Å². The van der Waals surface area contributed by atoms with Crippen LogP contribution in [0.3, 0.4) is 0 Å². The van der Waals surface area contributed by atoms with Crippen molar-refractivity contribution < 1.29 is 4.74 Å². The van der Waals surface area contributed by atoms with E-state index in [1.807, 2.05) is 24.3 Å². The van der Waals surface area contributed by atoms with Gasteiger partial charge in [0.2, 0.25) is 0 Å². The fraction of sp³-hybridized carbons (Fsp3) is 0.375. The average molecular weight is 446 g/mol. The molecule has 0 spiro atoms. The lowest BCUT2D eigenvalue weighted by Crippen LogP contribution is -2.22. The molecule has 0 fully saturated rings. The van der Waals surface area contributed by atoms with E-state index < -0.39 is 0 Å². The van der Waals surface area contributed by atoms with Crippen molar-refractivity contribution in [1.82, 2.24) is 4.98 Å². The lowest BCUT2D eigenvalue weighted by Gasteiger charge is -2.14. The van der Waals surface area contributed by atoms with E-state index in [1.54, 1.807) is 18.4 Å². The molecule has 126 valence electrons. The molecule has 1 aromatic heterocycles. The summed E-state index contributed by atoms with van der Waals surface area (Å²) in [6.07, 6.45) is 0. The molecule has 0 radical (unpaired) electrons. The number of nitrogens with two attached hydrogens (primary N) is 1. The summed E-state index contributed by atoms with van der Waals surface area (Å²) in [6, 6.07) is 7.52. The summed E-state index contributed by atoms with van der Waals surface area (Å²) < 4.78 is 5.11. The first-order chi connectivity index (χ1) is 10.4. The Morgan fingerprint density at radius 2 is 1.96 bits per heavy atom. The Hall–Kier alpha value is -1.35. The number of thiazole rings is 1. The zero-order valence-corrected chi connectivity index (χ0v) is 16.9. The predicted molar refractivity (Wildman–Crippen MR) is 108 cm³/mol. The van der Waals surface area contributed by atoms with Gasteiger partial charge >= 0.3 is 0 Å². The van der Waals surface area contributed by atoms with E-state index in [4.69, 9.17) is 10.5 Å². The first-order valence-corrected chi connectivity index (χ1v) is 7.92. The Kier molecular flexibility index (Phi) is 7.27. The normalized spacial score (nSPS) is 11.7. The summed E-state index contributed by atoms with van der Waals surface area (Å²) in [5.74, 6) is 1.18. The van der Waals surface area contributed by atoms with Crippen LogP contribution in [0.1, 0.15) is 31.5 Å². The van der Waals surface area contributed by atoms with E-state index in [9.17, 15) is 0 Å². The van der Waals surface area contributed by atoms with Gasteiger partial charge in [0.15, 0.2) is 5.96 Å². The lowest BCUT2D eigenvalue weighted by molar-refractivity contribution is 0.415. The second kappa shape index (κ2) is 8.49. The molecule has 23 heavy (non-hydrogen) atoms. The summed E-state index contributed by atoms with van der Waals surface area (Å²) in [5, 5.41) is 6.09. The number of aromatic nitrogens is 1. The SMILES string of the molecule is COc1ccc(NC(N)=NCc2nc(C(C)(C)C)cs2)cc1.I. The fourth-order valence-corrected chi connectivity index (χ4v) is 2.69. The molecule has 0 atom stereocenters. The number of nitrogens with one attached hydrogen (secondary N) is 1. The van der Waals surface area contributed by atoms with Gasteiger partial charge in [0.05, 0.1) is 19.3 Å². The third-order valence-corrected chi connectivity index (χ3v) is 3.90. The minimum atomic E-state index is 0. The number of anilines is 1. The first-order valence-electron chi connectivity index (χ1n) is 7.04. The Bertz CT molecular complexity index is 647. The van der Waals surface area contributed by atoms with Crippen LogP contribution in [-0.4, -0.2) is 18.1 Å². The molecular formula is C16H23IN4OS. The Balaban J connectivity index is 0.00000264. The van der Waals surface area contributed by atoms with Gasteiger partial charge in [-0.15, -0.1) is 35.3 Å². The number of benzene rings is 1. The fourth-order valence-electron chi connectivity index (χ4n) is 1.74. The molecule has 0 amide bonds. The van der Waals surface area contributed by atoms with Crippen LogP contribution in [0.2, 0.25) is 0 Å². The monoisotopic (exact) mass is 446 g/mol. The summed E-state index contributed by atoms with van der Waals surface area (Å²) >= 11 is 1.61. The molecule has 2 rings (SSSR count).